The lowest BCUT2D eigenvalue weighted by Crippen LogP contribution is -2.27. The van der Waals surface area contributed by atoms with Crippen molar-refractivity contribution in [2.75, 3.05) is 12.3 Å². The summed E-state index contributed by atoms with van der Waals surface area (Å²) in [7, 11) is 0. The van der Waals surface area contributed by atoms with Gasteiger partial charge in [0.15, 0.2) is 0 Å². The zero-order valence-corrected chi connectivity index (χ0v) is 10.4. The number of thiophene rings is 1. The first-order chi connectivity index (χ1) is 8.33. The third-order valence-electron chi connectivity index (χ3n) is 3.18. The first-order valence-electron chi connectivity index (χ1n) is 5.92. The molecule has 0 amide bonds. The molecule has 4 nitrogen and oxygen atoms in total. The molecular formula is C12H16N4S. The molecule has 5 heteroatoms. The topological polar surface area (TPSA) is 55.9 Å². The van der Waals surface area contributed by atoms with Crippen molar-refractivity contribution in [1.82, 2.24) is 15.1 Å². The highest BCUT2D eigenvalue weighted by Crippen LogP contribution is 2.23. The van der Waals surface area contributed by atoms with E-state index in [0.29, 0.717) is 6.04 Å². The fraction of sp³-hybridized carbons (Fsp3) is 0.417. The van der Waals surface area contributed by atoms with Gasteiger partial charge in [-0.15, -0.1) is 0 Å². The Hall–Kier alpha value is -1.33. The Morgan fingerprint density at radius 2 is 2.53 bits per heavy atom. The zero-order chi connectivity index (χ0) is 11.7. The largest absolute Gasteiger partial charge is 0.384 e. The van der Waals surface area contributed by atoms with Crippen LogP contribution in [0.5, 0.6) is 0 Å². The van der Waals surface area contributed by atoms with E-state index in [1.54, 1.807) is 11.3 Å². The third-order valence-corrected chi connectivity index (χ3v) is 3.87. The quantitative estimate of drug-likeness (QED) is 0.873. The van der Waals surface area contributed by atoms with Gasteiger partial charge >= 0.3 is 0 Å². The normalized spacial score (nSPS) is 19.9. The molecule has 1 aliphatic heterocycles. The van der Waals surface area contributed by atoms with Crippen LogP contribution < -0.4 is 11.1 Å². The van der Waals surface area contributed by atoms with Gasteiger partial charge < -0.3 is 11.1 Å². The summed E-state index contributed by atoms with van der Waals surface area (Å²) in [4.78, 5) is 0. The van der Waals surface area contributed by atoms with Crippen LogP contribution in [0.1, 0.15) is 12.8 Å². The molecular weight excluding hydrogens is 232 g/mol. The van der Waals surface area contributed by atoms with E-state index < -0.39 is 0 Å². The summed E-state index contributed by atoms with van der Waals surface area (Å²) in [5.41, 5.74) is 8.13. The molecule has 1 saturated heterocycles. The molecule has 2 aromatic heterocycles. The summed E-state index contributed by atoms with van der Waals surface area (Å²) in [6.45, 7) is 1.99. The fourth-order valence-electron chi connectivity index (χ4n) is 2.25. The van der Waals surface area contributed by atoms with Crippen molar-refractivity contribution in [2.45, 2.75) is 25.4 Å². The summed E-state index contributed by atoms with van der Waals surface area (Å²) in [5.74, 6) is 0.750. The number of nitrogen functional groups attached to an aromatic ring is 1. The van der Waals surface area contributed by atoms with E-state index in [2.05, 4.69) is 27.2 Å². The number of aromatic nitrogens is 2. The fourth-order valence-corrected chi connectivity index (χ4v) is 2.90. The van der Waals surface area contributed by atoms with Gasteiger partial charge in [-0.3, -0.25) is 0 Å². The van der Waals surface area contributed by atoms with Crippen LogP contribution in [-0.4, -0.2) is 22.4 Å². The van der Waals surface area contributed by atoms with Gasteiger partial charge in [0.25, 0.3) is 0 Å². The van der Waals surface area contributed by atoms with Crippen LogP contribution in [0.2, 0.25) is 0 Å². The molecule has 1 aliphatic rings. The highest BCUT2D eigenvalue weighted by atomic mass is 32.1. The van der Waals surface area contributed by atoms with Gasteiger partial charge in [0.2, 0.25) is 0 Å². The van der Waals surface area contributed by atoms with Crippen molar-refractivity contribution in [3.63, 3.8) is 0 Å². The molecule has 3 N–H and O–H groups in total. The number of anilines is 1. The molecule has 3 rings (SSSR count). The maximum Gasteiger partial charge on any atom is 0.122 e. The van der Waals surface area contributed by atoms with Crippen molar-refractivity contribution in [2.24, 2.45) is 0 Å². The van der Waals surface area contributed by atoms with E-state index >= 15 is 0 Å². The Morgan fingerprint density at radius 1 is 1.59 bits per heavy atom. The monoisotopic (exact) mass is 248 g/mol. The average molecular weight is 248 g/mol. The molecule has 0 spiro atoms. The van der Waals surface area contributed by atoms with E-state index in [-0.39, 0.29) is 0 Å². The first-order valence-corrected chi connectivity index (χ1v) is 6.86. The summed E-state index contributed by atoms with van der Waals surface area (Å²) >= 11 is 1.68. The minimum atomic E-state index is 0.521. The van der Waals surface area contributed by atoms with Crippen LogP contribution in [-0.2, 0) is 6.54 Å². The van der Waals surface area contributed by atoms with Crippen molar-refractivity contribution >= 4 is 17.2 Å². The Kier molecular flexibility index (Phi) is 2.86. The molecule has 0 bridgehead atoms. The maximum atomic E-state index is 6.00. The van der Waals surface area contributed by atoms with E-state index in [9.17, 15) is 0 Å². The molecule has 0 aliphatic carbocycles. The van der Waals surface area contributed by atoms with Crippen LogP contribution >= 0.6 is 11.3 Å². The molecule has 0 unspecified atom stereocenters. The Labute approximate surface area is 104 Å². The Bertz CT molecular complexity index is 483. The van der Waals surface area contributed by atoms with Crippen molar-refractivity contribution in [3.05, 3.63) is 22.9 Å². The van der Waals surface area contributed by atoms with E-state index in [0.717, 1.165) is 30.2 Å². The number of nitrogens with one attached hydrogen (secondary N) is 1. The van der Waals surface area contributed by atoms with Gasteiger partial charge in [0.1, 0.15) is 5.82 Å². The van der Waals surface area contributed by atoms with Crippen molar-refractivity contribution < 1.29 is 0 Å². The third kappa shape index (κ3) is 2.21. The number of rotatable bonds is 3. The van der Waals surface area contributed by atoms with Gasteiger partial charge in [-0.25, -0.2) is 4.68 Å². The average Bonchev–Trinajstić information content (AvgIpc) is 3.02. The van der Waals surface area contributed by atoms with E-state index in [1.165, 1.54) is 12.8 Å². The van der Waals surface area contributed by atoms with Crippen LogP contribution in [0.3, 0.4) is 0 Å². The minimum absolute atomic E-state index is 0.521. The second kappa shape index (κ2) is 4.50. The van der Waals surface area contributed by atoms with Gasteiger partial charge in [-0.05, 0) is 30.8 Å². The maximum absolute atomic E-state index is 6.00. The minimum Gasteiger partial charge on any atom is -0.384 e. The second-order valence-corrected chi connectivity index (χ2v) is 5.22. The SMILES string of the molecule is Nc1cc(-c2ccsc2)nn1C[C@H]1CCCN1. The molecule has 0 aromatic carbocycles. The molecule has 1 fully saturated rings. The number of hydrogen-bond acceptors (Lipinski definition) is 4. The van der Waals surface area contributed by atoms with Crippen LogP contribution in [0.15, 0.2) is 22.9 Å². The Morgan fingerprint density at radius 3 is 3.24 bits per heavy atom. The molecule has 3 heterocycles. The van der Waals surface area contributed by atoms with Crippen molar-refractivity contribution in [1.29, 1.82) is 0 Å². The second-order valence-electron chi connectivity index (χ2n) is 4.44. The highest BCUT2D eigenvalue weighted by Gasteiger charge is 2.16. The molecule has 0 saturated carbocycles. The number of hydrogen-bond donors (Lipinski definition) is 2. The summed E-state index contributed by atoms with van der Waals surface area (Å²) in [6.07, 6.45) is 2.47. The Balaban J connectivity index is 1.80. The van der Waals surface area contributed by atoms with Gasteiger partial charge in [-0.2, -0.15) is 16.4 Å². The standard InChI is InChI=1S/C12H16N4S/c13-12-6-11(9-3-5-17-8-9)15-16(12)7-10-2-1-4-14-10/h3,5-6,8,10,14H,1-2,4,7,13H2/t10-/m1/s1. The predicted molar refractivity (Wildman–Crippen MR) is 71.0 cm³/mol. The summed E-state index contributed by atoms with van der Waals surface area (Å²) < 4.78 is 1.91. The van der Waals surface area contributed by atoms with Crippen LogP contribution in [0, 0.1) is 0 Å². The number of nitrogens with zero attached hydrogens (tertiary/aromatic N) is 2. The molecule has 2 aromatic rings. The molecule has 17 heavy (non-hydrogen) atoms. The smallest absolute Gasteiger partial charge is 0.122 e. The lowest BCUT2D eigenvalue weighted by Gasteiger charge is -2.10. The first kappa shape index (κ1) is 10.8. The van der Waals surface area contributed by atoms with E-state index in [1.807, 2.05) is 10.7 Å². The summed E-state index contributed by atoms with van der Waals surface area (Å²) in [5, 5.41) is 12.2. The lowest BCUT2D eigenvalue weighted by atomic mass is 10.2. The molecule has 1 atom stereocenters. The van der Waals surface area contributed by atoms with Crippen molar-refractivity contribution in [3.8, 4) is 11.3 Å². The molecule has 90 valence electrons. The van der Waals surface area contributed by atoms with Crippen LogP contribution in [0.25, 0.3) is 11.3 Å². The van der Waals surface area contributed by atoms with Gasteiger partial charge in [0.05, 0.1) is 12.2 Å². The van der Waals surface area contributed by atoms with Crippen LogP contribution in [0.4, 0.5) is 5.82 Å². The summed E-state index contributed by atoms with van der Waals surface area (Å²) in [6, 6.07) is 4.55. The predicted octanol–water partition coefficient (Wildman–Crippen LogP) is 1.95. The molecule has 0 radical (unpaired) electrons. The van der Waals surface area contributed by atoms with Gasteiger partial charge in [0, 0.05) is 23.1 Å². The lowest BCUT2D eigenvalue weighted by molar-refractivity contribution is 0.481. The number of nitrogens with two attached hydrogens (primary N) is 1. The van der Waals surface area contributed by atoms with E-state index in [4.69, 9.17) is 5.73 Å². The van der Waals surface area contributed by atoms with Gasteiger partial charge in [-0.1, -0.05) is 0 Å². The highest BCUT2D eigenvalue weighted by molar-refractivity contribution is 7.08. The zero-order valence-electron chi connectivity index (χ0n) is 9.60.